The molecule has 0 aliphatic rings. The summed E-state index contributed by atoms with van der Waals surface area (Å²) in [6.07, 6.45) is -3.67. The van der Waals surface area contributed by atoms with Gasteiger partial charge in [0.15, 0.2) is 0 Å². The third-order valence-electron chi connectivity index (χ3n) is 4.33. The van der Waals surface area contributed by atoms with Gasteiger partial charge in [0.05, 0.1) is 12.5 Å². The minimum absolute atomic E-state index is 0.130. The van der Waals surface area contributed by atoms with Crippen molar-refractivity contribution in [2.24, 2.45) is 0 Å². The SMILES string of the molecule is CS(=O)(=O)O[C@@H](COC(=O)NCc1ccccc1)[C@H](COC(=O)NCc1ccccc1)OS(C)(=O)=O. The van der Waals surface area contributed by atoms with Crippen molar-refractivity contribution >= 4 is 32.4 Å². The summed E-state index contributed by atoms with van der Waals surface area (Å²) < 4.78 is 66.8. The van der Waals surface area contributed by atoms with Crippen LogP contribution in [-0.4, -0.2) is 67.0 Å². The van der Waals surface area contributed by atoms with Gasteiger partial charge in [-0.25, -0.2) is 9.59 Å². The van der Waals surface area contributed by atoms with Gasteiger partial charge in [0.2, 0.25) is 0 Å². The Morgan fingerprint density at radius 2 is 1.00 bits per heavy atom. The second kappa shape index (κ2) is 13.8. The number of alkyl carbamates (subject to hydrolysis) is 2. The van der Waals surface area contributed by atoms with Gasteiger partial charge in [-0.1, -0.05) is 60.7 Å². The Labute approximate surface area is 210 Å². The number of carbonyl (C=O) groups excluding carboxylic acids is 2. The Morgan fingerprint density at radius 3 is 1.31 bits per heavy atom. The van der Waals surface area contributed by atoms with E-state index in [4.69, 9.17) is 17.8 Å². The largest absolute Gasteiger partial charge is 0.447 e. The molecule has 0 fully saturated rings. The van der Waals surface area contributed by atoms with Crippen LogP contribution in [0.1, 0.15) is 11.1 Å². The number of rotatable bonds is 13. The van der Waals surface area contributed by atoms with E-state index in [1.54, 1.807) is 60.7 Å². The molecule has 0 saturated carbocycles. The lowest BCUT2D eigenvalue weighted by molar-refractivity contribution is -0.0143. The van der Waals surface area contributed by atoms with Gasteiger partial charge in [0.25, 0.3) is 20.2 Å². The Hall–Kier alpha value is -3.20. The topological polar surface area (TPSA) is 163 Å². The molecule has 14 heteroatoms. The summed E-state index contributed by atoms with van der Waals surface area (Å²) in [7, 11) is -8.31. The molecule has 0 spiro atoms. The second-order valence-electron chi connectivity index (χ2n) is 7.55. The highest BCUT2D eigenvalue weighted by molar-refractivity contribution is 7.86. The summed E-state index contributed by atoms with van der Waals surface area (Å²) in [6, 6.07) is 17.8. The number of hydrogen-bond acceptors (Lipinski definition) is 10. The van der Waals surface area contributed by atoms with Gasteiger partial charge in [-0.15, -0.1) is 0 Å². The van der Waals surface area contributed by atoms with Crippen LogP contribution < -0.4 is 10.6 Å². The molecule has 36 heavy (non-hydrogen) atoms. The fourth-order valence-electron chi connectivity index (χ4n) is 2.80. The zero-order chi connectivity index (χ0) is 26.6. The van der Waals surface area contributed by atoms with Crippen molar-refractivity contribution in [2.45, 2.75) is 25.3 Å². The first-order chi connectivity index (χ1) is 16.9. The van der Waals surface area contributed by atoms with Crippen molar-refractivity contribution in [1.29, 1.82) is 0 Å². The Kier molecular flexibility index (Phi) is 11.1. The van der Waals surface area contributed by atoms with Crippen molar-refractivity contribution in [3.8, 4) is 0 Å². The Balaban J connectivity index is 2.01. The number of ether oxygens (including phenoxy) is 2. The van der Waals surface area contributed by atoms with Gasteiger partial charge < -0.3 is 20.1 Å². The van der Waals surface area contributed by atoms with Crippen molar-refractivity contribution in [1.82, 2.24) is 10.6 Å². The van der Waals surface area contributed by atoms with Crippen molar-refractivity contribution in [3.63, 3.8) is 0 Å². The highest BCUT2D eigenvalue weighted by atomic mass is 32.2. The van der Waals surface area contributed by atoms with Gasteiger partial charge in [0, 0.05) is 13.1 Å². The zero-order valence-electron chi connectivity index (χ0n) is 19.7. The maximum absolute atomic E-state index is 12.1. The molecule has 2 atom stereocenters. The van der Waals surface area contributed by atoms with Gasteiger partial charge >= 0.3 is 12.2 Å². The molecule has 198 valence electrons. The number of nitrogens with one attached hydrogen (secondary N) is 2. The summed E-state index contributed by atoms with van der Waals surface area (Å²) in [5, 5.41) is 4.93. The number of amides is 2. The lowest BCUT2D eigenvalue weighted by atomic mass is 10.2. The van der Waals surface area contributed by atoms with E-state index in [-0.39, 0.29) is 13.1 Å². The third-order valence-corrected chi connectivity index (χ3v) is 5.52. The van der Waals surface area contributed by atoms with Crippen molar-refractivity contribution in [2.75, 3.05) is 25.7 Å². The van der Waals surface area contributed by atoms with E-state index in [0.717, 1.165) is 23.6 Å². The molecule has 12 nitrogen and oxygen atoms in total. The van der Waals surface area contributed by atoms with E-state index >= 15 is 0 Å². The first kappa shape index (κ1) is 29.0. The number of benzene rings is 2. The van der Waals surface area contributed by atoms with E-state index < -0.39 is 57.8 Å². The molecule has 0 heterocycles. The standard InChI is InChI=1S/C22H28N2O10S2/c1-35(27,28)33-19(15-31-21(25)23-13-17-9-5-3-6-10-17)20(34-36(2,29)30)16-32-22(26)24-14-18-11-7-4-8-12-18/h3-12,19-20H,13-16H2,1-2H3,(H,23,25)(H,24,26)/t19-,20-/m0/s1. The molecule has 0 saturated heterocycles. The molecule has 0 bridgehead atoms. The van der Waals surface area contributed by atoms with Gasteiger partial charge in [-0.3, -0.25) is 8.37 Å². The highest BCUT2D eigenvalue weighted by Crippen LogP contribution is 2.13. The smallest absolute Gasteiger partial charge is 0.407 e. The monoisotopic (exact) mass is 544 g/mol. The molecule has 2 aromatic rings. The quantitative estimate of drug-likeness (QED) is 0.353. The molecule has 2 N–H and O–H groups in total. The minimum Gasteiger partial charge on any atom is -0.447 e. The van der Waals surface area contributed by atoms with Crippen LogP contribution in [0.5, 0.6) is 0 Å². The average Bonchev–Trinajstić information content (AvgIpc) is 2.81. The fourth-order valence-corrected chi connectivity index (χ4v) is 4.06. The normalized spacial score (nSPS) is 13.3. The highest BCUT2D eigenvalue weighted by Gasteiger charge is 2.33. The van der Waals surface area contributed by atoms with Crippen molar-refractivity contribution in [3.05, 3.63) is 71.8 Å². The molecular weight excluding hydrogens is 516 g/mol. The molecule has 0 aromatic heterocycles. The van der Waals surface area contributed by atoms with E-state index in [2.05, 4.69) is 10.6 Å². The van der Waals surface area contributed by atoms with E-state index in [1.807, 2.05) is 0 Å². The van der Waals surface area contributed by atoms with Crippen LogP contribution in [-0.2, 0) is 51.2 Å². The Bertz CT molecular complexity index is 1090. The maximum atomic E-state index is 12.1. The molecule has 0 unspecified atom stereocenters. The summed E-state index contributed by atoms with van der Waals surface area (Å²) in [6.45, 7) is -1.18. The first-order valence-electron chi connectivity index (χ1n) is 10.6. The van der Waals surface area contributed by atoms with Crippen molar-refractivity contribution < 1.29 is 44.3 Å². The van der Waals surface area contributed by atoms with E-state index in [1.165, 1.54) is 0 Å². The predicted molar refractivity (Wildman–Crippen MR) is 129 cm³/mol. The molecule has 2 amide bonds. The van der Waals surface area contributed by atoms with Crippen LogP contribution in [0.4, 0.5) is 9.59 Å². The van der Waals surface area contributed by atoms with Crippen LogP contribution in [0.2, 0.25) is 0 Å². The summed E-state index contributed by atoms with van der Waals surface area (Å²) in [5.74, 6) is 0. The first-order valence-corrected chi connectivity index (χ1v) is 14.2. The van der Waals surface area contributed by atoms with Crippen LogP contribution in [0.15, 0.2) is 60.7 Å². The zero-order valence-corrected chi connectivity index (χ0v) is 21.3. The van der Waals surface area contributed by atoms with Gasteiger partial charge in [0.1, 0.15) is 25.4 Å². The third kappa shape index (κ3) is 12.5. The molecule has 2 aromatic carbocycles. The van der Waals surface area contributed by atoms with Gasteiger partial charge in [-0.05, 0) is 11.1 Å². The second-order valence-corrected chi connectivity index (χ2v) is 10.8. The fraction of sp³-hybridized carbons (Fsp3) is 0.364. The number of hydrogen-bond donors (Lipinski definition) is 2. The molecular formula is C22H28N2O10S2. The van der Waals surface area contributed by atoms with Crippen LogP contribution in [0.3, 0.4) is 0 Å². The predicted octanol–water partition coefficient (Wildman–Crippen LogP) is 1.53. The summed E-state index contributed by atoms with van der Waals surface area (Å²) >= 11 is 0. The van der Waals surface area contributed by atoms with E-state index in [9.17, 15) is 26.4 Å². The van der Waals surface area contributed by atoms with Crippen LogP contribution in [0.25, 0.3) is 0 Å². The van der Waals surface area contributed by atoms with Crippen LogP contribution in [0, 0.1) is 0 Å². The maximum Gasteiger partial charge on any atom is 0.407 e. The molecule has 0 aliphatic carbocycles. The molecule has 0 aliphatic heterocycles. The van der Waals surface area contributed by atoms with E-state index in [0.29, 0.717) is 0 Å². The summed E-state index contributed by atoms with van der Waals surface area (Å²) in [5.41, 5.74) is 1.57. The van der Waals surface area contributed by atoms with Crippen LogP contribution >= 0.6 is 0 Å². The molecule has 0 radical (unpaired) electrons. The minimum atomic E-state index is -4.15. The average molecular weight is 545 g/mol. The number of carbonyl (C=O) groups is 2. The lowest BCUT2D eigenvalue weighted by Gasteiger charge is -2.25. The Morgan fingerprint density at radius 1 is 0.667 bits per heavy atom. The van der Waals surface area contributed by atoms with Gasteiger partial charge in [-0.2, -0.15) is 16.8 Å². The summed E-state index contributed by atoms with van der Waals surface area (Å²) in [4.78, 5) is 24.2. The molecule has 2 rings (SSSR count). The lowest BCUT2D eigenvalue weighted by Crippen LogP contribution is -2.43.